The number of unbranched alkanes of at least 4 members (excludes halogenated alkanes) is 1. The van der Waals surface area contributed by atoms with Crippen LogP contribution in [0, 0.1) is 0 Å². The quantitative estimate of drug-likeness (QED) is 0.245. The van der Waals surface area contributed by atoms with Gasteiger partial charge in [-0.1, -0.05) is 6.92 Å². The number of hydrogen-bond donors (Lipinski definition) is 3. The van der Waals surface area contributed by atoms with Crippen LogP contribution in [0.15, 0.2) is 0 Å². The van der Waals surface area contributed by atoms with Crippen LogP contribution in [-0.2, 0) is 28.6 Å². The van der Waals surface area contributed by atoms with E-state index in [9.17, 15) is 19.2 Å². The van der Waals surface area contributed by atoms with E-state index in [0.717, 1.165) is 12.8 Å². The first kappa shape index (κ1) is 37.4. The van der Waals surface area contributed by atoms with Crippen LogP contribution in [0.4, 0.5) is 4.79 Å². The van der Waals surface area contributed by atoms with Crippen molar-refractivity contribution in [1.29, 1.82) is 0 Å². The molecule has 0 aliphatic heterocycles. The largest absolute Gasteiger partial charge is 0.460 e. The third-order valence-electron chi connectivity index (χ3n) is 3.58. The Balaban J connectivity index is -0.000000559. The van der Waals surface area contributed by atoms with E-state index in [1.165, 1.54) is 0 Å². The number of nitrogens with two attached hydrogens (primary N) is 1. The van der Waals surface area contributed by atoms with Gasteiger partial charge in [-0.05, 0) is 88.1 Å². The van der Waals surface area contributed by atoms with Crippen molar-refractivity contribution in [2.45, 2.75) is 118 Å². The van der Waals surface area contributed by atoms with Crippen LogP contribution in [0.2, 0.25) is 0 Å². The molecule has 0 aliphatic rings. The predicted octanol–water partition coefficient (Wildman–Crippen LogP) is 3.49. The molecule has 0 fully saturated rings. The summed E-state index contributed by atoms with van der Waals surface area (Å²) in [7, 11) is 1.71. The maximum absolute atomic E-state index is 11.5. The van der Waals surface area contributed by atoms with Crippen molar-refractivity contribution in [1.82, 2.24) is 10.6 Å². The first-order chi connectivity index (χ1) is 15.8. The Morgan fingerprint density at radius 3 is 1.63 bits per heavy atom. The number of rotatable bonds is 9. The molecule has 4 N–H and O–H groups in total. The summed E-state index contributed by atoms with van der Waals surface area (Å²) in [6.45, 7) is 19.0. The van der Waals surface area contributed by atoms with E-state index in [4.69, 9.17) is 19.9 Å². The molecule has 0 aromatic carbocycles. The highest BCUT2D eigenvalue weighted by molar-refractivity contribution is 5.82. The third kappa shape index (κ3) is 34.0. The predicted molar refractivity (Wildman–Crippen MR) is 138 cm³/mol. The number of hydrogen-bond acceptors (Lipinski definition) is 8. The van der Waals surface area contributed by atoms with E-state index in [1.54, 1.807) is 34.8 Å². The van der Waals surface area contributed by atoms with Crippen molar-refractivity contribution in [2.75, 3.05) is 20.2 Å². The van der Waals surface area contributed by atoms with E-state index in [-0.39, 0.29) is 23.7 Å². The number of urea groups is 1. The fourth-order valence-corrected chi connectivity index (χ4v) is 1.85. The molecule has 0 aromatic rings. The summed E-state index contributed by atoms with van der Waals surface area (Å²) >= 11 is 0. The molecule has 0 saturated carbocycles. The average molecular weight is 506 g/mol. The fraction of sp³-hybridized carbons (Fsp3) is 0.840. The second-order valence-corrected chi connectivity index (χ2v) is 10.7. The van der Waals surface area contributed by atoms with Gasteiger partial charge in [0.05, 0.1) is 11.6 Å². The summed E-state index contributed by atoms with van der Waals surface area (Å²) < 4.78 is 14.9. The van der Waals surface area contributed by atoms with Crippen LogP contribution in [0.3, 0.4) is 0 Å². The van der Waals surface area contributed by atoms with Gasteiger partial charge in [-0.3, -0.25) is 9.59 Å². The first-order valence-corrected chi connectivity index (χ1v) is 12.0. The number of methoxy groups -OCH3 is 1. The van der Waals surface area contributed by atoms with Crippen LogP contribution in [-0.4, -0.2) is 67.3 Å². The highest BCUT2D eigenvalue weighted by atomic mass is 16.6. The lowest BCUT2D eigenvalue weighted by atomic mass is 10.1. The minimum absolute atomic E-state index is 0.0417. The summed E-state index contributed by atoms with van der Waals surface area (Å²) in [4.78, 5) is 44.3. The summed E-state index contributed by atoms with van der Waals surface area (Å²) in [5.41, 5.74) is 4.47. The van der Waals surface area contributed by atoms with Gasteiger partial charge in [0.15, 0.2) is 0 Å². The minimum Gasteiger partial charge on any atom is -0.460 e. The average Bonchev–Trinajstić information content (AvgIpc) is 2.69. The van der Waals surface area contributed by atoms with Crippen LogP contribution in [0.25, 0.3) is 0 Å². The van der Waals surface area contributed by atoms with Crippen molar-refractivity contribution in [3.63, 3.8) is 0 Å². The van der Waals surface area contributed by atoms with Crippen LogP contribution in [0.1, 0.15) is 94.9 Å². The van der Waals surface area contributed by atoms with Gasteiger partial charge in [-0.15, -0.1) is 0 Å². The van der Waals surface area contributed by atoms with Crippen molar-refractivity contribution in [3.8, 4) is 0 Å². The van der Waals surface area contributed by atoms with Crippen molar-refractivity contribution in [3.05, 3.63) is 0 Å². The lowest BCUT2D eigenvalue weighted by Gasteiger charge is -2.20. The zero-order chi connectivity index (χ0) is 28.3. The number of nitrogens with one attached hydrogen (secondary N) is 2. The Labute approximate surface area is 212 Å². The van der Waals surface area contributed by atoms with Gasteiger partial charge in [0.2, 0.25) is 0 Å². The smallest absolute Gasteiger partial charge is 0.325 e. The molecule has 35 heavy (non-hydrogen) atoms. The van der Waals surface area contributed by atoms with Gasteiger partial charge >= 0.3 is 18.0 Å². The zero-order valence-electron chi connectivity index (χ0n) is 23.8. The molecular formula is C25H51N3O7. The van der Waals surface area contributed by atoms with E-state index >= 15 is 0 Å². The monoisotopic (exact) mass is 505 g/mol. The van der Waals surface area contributed by atoms with Gasteiger partial charge < -0.3 is 35.4 Å². The van der Waals surface area contributed by atoms with Crippen LogP contribution < -0.4 is 16.4 Å². The normalized spacial score (nSPS) is 12.0. The molecule has 0 aromatic heterocycles. The van der Waals surface area contributed by atoms with Gasteiger partial charge in [-0.2, -0.15) is 0 Å². The van der Waals surface area contributed by atoms with Crippen LogP contribution in [0.5, 0.6) is 0 Å². The lowest BCUT2D eigenvalue weighted by molar-refractivity contribution is -0.155. The van der Waals surface area contributed by atoms with Crippen LogP contribution >= 0.6 is 0 Å². The molecule has 0 bridgehead atoms. The number of carbonyl (C=O) groups excluding carboxylic acids is 4. The minimum atomic E-state index is -0.594. The molecule has 0 aliphatic carbocycles. The number of esters is 2. The molecule has 0 spiro atoms. The topological polar surface area (TPSA) is 146 Å². The Morgan fingerprint density at radius 2 is 1.31 bits per heavy atom. The molecule has 0 heterocycles. The molecule has 1 unspecified atom stereocenters. The summed E-state index contributed by atoms with van der Waals surface area (Å²) in [6, 6.07) is -1.14. The molecule has 0 radical (unpaired) electrons. The summed E-state index contributed by atoms with van der Waals surface area (Å²) in [6.07, 6.45) is 3.21. The molecule has 10 nitrogen and oxygen atoms in total. The maximum atomic E-state index is 11.5. The number of carbonyl (C=O) groups is 4. The molecule has 2 amide bonds. The zero-order valence-corrected chi connectivity index (χ0v) is 23.8. The Hall–Kier alpha value is -2.20. The Morgan fingerprint density at radius 1 is 0.857 bits per heavy atom. The lowest BCUT2D eigenvalue weighted by Crippen LogP contribution is -2.45. The Kier molecular flexibility index (Phi) is 20.3. The number of ether oxygens (including phenoxy) is 3. The SMILES string of the molecule is CC(C)(C)OC(=O)CNC(=O)NC(C=O)CCCCN.CCC(=O)OC(C)(C)C.COC(C)(C)C. The van der Waals surface area contributed by atoms with Crippen molar-refractivity contribution >= 4 is 24.3 Å². The number of amides is 2. The second kappa shape index (κ2) is 19.0. The highest BCUT2D eigenvalue weighted by Crippen LogP contribution is 2.07. The van der Waals surface area contributed by atoms with Gasteiger partial charge in [0.25, 0.3) is 0 Å². The fourth-order valence-electron chi connectivity index (χ4n) is 1.85. The van der Waals surface area contributed by atoms with Crippen molar-refractivity contribution in [2.24, 2.45) is 5.73 Å². The molecule has 10 heteroatoms. The maximum Gasteiger partial charge on any atom is 0.325 e. The molecule has 0 rings (SSSR count). The van der Waals surface area contributed by atoms with E-state index in [0.29, 0.717) is 25.7 Å². The Bertz CT molecular complexity index is 604. The van der Waals surface area contributed by atoms with Gasteiger partial charge in [0, 0.05) is 13.5 Å². The summed E-state index contributed by atoms with van der Waals surface area (Å²) in [5.74, 6) is -0.666. The molecule has 208 valence electrons. The third-order valence-corrected chi connectivity index (χ3v) is 3.58. The second-order valence-electron chi connectivity index (χ2n) is 10.7. The van der Waals surface area contributed by atoms with E-state index < -0.39 is 23.6 Å². The van der Waals surface area contributed by atoms with Gasteiger partial charge in [0.1, 0.15) is 24.0 Å². The highest BCUT2D eigenvalue weighted by Gasteiger charge is 2.17. The summed E-state index contributed by atoms with van der Waals surface area (Å²) in [5, 5.41) is 4.83. The molecular weight excluding hydrogens is 454 g/mol. The van der Waals surface area contributed by atoms with Gasteiger partial charge in [-0.25, -0.2) is 4.79 Å². The number of aldehydes is 1. The first-order valence-electron chi connectivity index (χ1n) is 12.0. The van der Waals surface area contributed by atoms with E-state index in [1.807, 2.05) is 41.5 Å². The standard InChI is InChI=1S/C13H25N3O4.C7H14O2.C5H12O/c1-13(2,3)20-11(18)8-15-12(19)16-10(9-17)6-4-5-7-14;1-5-6(8)9-7(2,3)4;1-5(2,3)6-4/h9-10H,4-8,14H2,1-3H3,(H2,15,16,19);5H2,1-4H3;1-4H3. The molecule has 1 atom stereocenters. The van der Waals surface area contributed by atoms with E-state index in [2.05, 4.69) is 10.6 Å². The molecule has 0 saturated heterocycles. The van der Waals surface area contributed by atoms with Crippen molar-refractivity contribution < 1.29 is 33.4 Å².